The Morgan fingerprint density at radius 1 is 1.21 bits per heavy atom. The maximum atomic E-state index is 5.90. The van der Waals surface area contributed by atoms with E-state index in [-0.39, 0.29) is 6.10 Å². The maximum absolute atomic E-state index is 5.90. The lowest BCUT2D eigenvalue weighted by Gasteiger charge is -2.19. The Bertz CT molecular complexity index is 441. The standard InChI is InChI=1S/C15H23N3O/c1-9(2)19-15-12(16)7-8-13(18-15)17-14(10-3-4-10)11-5-6-11/h7-11,14H,3-6,16H2,1-2H3,(H,17,18). The maximum Gasteiger partial charge on any atom is 0.239 e. The predicted molar refractivity (Wildman–Crippen MR) is 77.3 cm³/mol. The molecule has 4 heteroatoms. The van der Waals surface area contributed by atoms with Gasteiger partial charge in [-0.2, -0.15) is 4.98 Å². The van der Waals surface area contributed by atoms with Gasteiger partial charge in [-0.1, -0.05) is 0 Å². The number of hydrogen-bond acceptors (Lipinski definition) is 4. The van der Waals surface area contributed by atoms with Gasteiger partial charge >= 0.3 is 0 Å². The minimum absolute atomic E-state index is 0.0905. The van der Waals surface area contributed by atoms with E-state index in [1.807, 2.05) is 26.0 Å². The third-order valence-electron chi connectivity index (χ3n) is 3.81. The van der Waals surface area contributed by atoms with Gasteiger partial charge in [0.15, 0.2) is 0 Å². The van der Waals surface area contributed by atoms with Crippen LogP contribution >= 0.6 is 0 Å². The van der Waals surface area contributed by atoms with Crippen LogP contribution in [0.4, 0.5) is 11.5 Å². The summed E-state index contributed by atoms with van der Waals surface area (Å²) in [6.07, 6.45) is 5.53. The summed E-state index contributed by atoms with van der Waals surface area (Å²) in [6, 6.07) is 4.44. The van der Waals surface area contributed by atoms with Gasteiger partial charge in [-0.3, -0.25) is 0 Å². The lowest BCUT2D eigenvalue weighted by atomic mass is 10.1. The first kappa shape index (κ1) is 12.6. The molecule has 0 bridgehead atoms. The summed E-state index contributed by atoms with van der Waals surface area (Å²) < 4.78 is 5.64. The molecule has 0 saturated heterocycles. The van der Waals surface area contributed by atoms with E-state index in [1.54, 1.807) is 0 Å². The fraction of sp³-hybridized carbons (Fsp3) is 0.667. The third kappa shape index (κ3) is 3.11. The zero-order valence-electron chi connectivity index (χ0n) is 11.7. The zero-order valence-corrected chi connectivity index (χ0v) is 11.7. The van der Waals surface area contributed by atoms with Gasteiger partial charge in [-0.15, -0.1) is 0 Å². The Balaban J connectivity index is 1.72. The number of aromatic nitrogens is 1. The Morgan fingerprint density at radius 2 is 1.84 bits per heavy atom. The molecule has 0 unspecified atom stereocenters. The summed E-state index contributed by atoms with van der Waals surface area (Å²) in [4.78, 5) is 4.51. The van der Waals surface area contributed by atoms with Crippen molar-refractivity contribution in [1.29, 1.82) is 0 Å². The van der Waals surface area contributed by atoms with Gasteiger partial charge in [0, 0.05) is 6.04 Å². The first-order valence-corrected chi connectivity index (χ1v) is 7.33. The largest absolute Gasteiger partial charge is 0.473 e. The van der Waals surface area contributed by atoms with Crippen molar-refractivity contribution in [3.8, 4) is 5.88 Å². The van der Waals surface area contributed by atoms with Crippen LogP contribution in [0.1, 0.15) is 39.5 Å². The summed E-state index contributed by atoms with van der Waals surface area (Å²) in [6.45, 7) is 3.97. The van der Waals surface area contributed by atoms with Crippen molar-refractivity contribution in [2.75, 3.05) is 11.1 Å². The van der Waals surface area contributed by atoms with Gasteiger partial charge in [0.25, 0.3) is 0 Å². The first-order chi connectivity index (χ1) is 9.13. The molecular formula is C15H23N3O. The number of nitrogen functional groups attached to an aromatic ring is 1. The lowest BCUT2D eigenvalue weighted by molar-refractivity contribution is 0.234. The number of hydrogen-bond donors (Lipinski definition) is 2. The van der Waals surface area contributed by atoms with Crippen LogP contribution in [0, 0.1) is 11.8 Å². The molecule has 1 aromatic rings. The Labute approximate surface area is 114 Å². The fourth-order valence-corrected chi connectivity index (χ4v) is 2.55. The third-order valence-corrected chi connectivity index (χ3v) is 3.81. The van der Waals surface area contributed by atoms with Crippen LogP contribution in [0.2, 0.25) is 0 Å². The Morgan fingerprint density at radius 3 is 2.37 bits per heavy atom. The minimum atomic E-state index is 0.0905. The highest BCUT2D eigenvalue weighted by Gasteiger charge is 2.41. The van der Waals surface area contributed by atoms with Crippen molar-refractivity contribution in [2.24, 2.45) is 11.8 Å². The second-order valence-corrected chi connectivity index (χ2v) is 6.10. The van der Waals surface area contributed by atoms with Crippen molar-refractivity contribution in [3.63, 3.8) is 0 Å². The molecule has 1 aromatic heterocycles. The number of rotatable bonds is 6. The van der Waals surface area contributed by atoms with Crippen molar-refractivity contribution < 1.29 is 4.74 Å². The van der Waals surface area contributed by atoms with E-state index in [0.29, 0.717) is 17.6 Å². The number of pyridine rings is 1. The molecule has 0 aliphatic heterocycles. The monoisotopic (exact) mass is 261 g/mol. The van der Waals surface area contributed by atoms with Crippen LogP contribution < -0.4 is 15.8 Å². The van der Waals surface area contributed by atoms with E-state index in [1.165, 1.54) is 25.7 Å². The first-order valence-electron chi connectivity index (χ1n) is 7.33. The second-order valence-electron chi connectivity index (χ2n) is 6.10. The van der Waals surface area contributed by atoms with Crippen molar-refractivity contribution in [1.82, 2.24) is 4.98 Å². The SMILES string of the molecule is CC(C)Oc1nc(NC(C2CC2)C2CC2)ccc1N. The summed E-state index contributed by atoms with van der Waals surface area (Å²) in [5.74, 6) is 3.14. The molecule has 3 rings (SSSR count). The average molecular weight is 261 g/mol. The number of nitrogens with zero attached hydrogens (tertiary/aromatic N) is 1. The van der Waals surface area contributed by atoms with Crippen LogP contribution in [0.5, 0.6) is 5.88 Å². The van der Waals surface area contributed by atoms with E-state index in [4.69, 9.17) is 10.5 Å². The summed E-state index contributed by atoms with van der Waals surface area (Å²) in [5.41, 5.74) is 6.50. The number of anilines is 2. The molecule has 0 aromatic carbocycles. The van der Waals surface area contributed by atoms with E-state index in [2.05, 4.69) is 10.3 Å². The second kappa shape index (κ2) is 4.91. The highest BCUT2D eigenvalue weighted by atomic mass is 16.5. The van der Waals surface area contributed by atoms with Crippen molar-refractivity contribution in [3.05, 3.63) is 12.1 Å². The van der Waals surface area contributed by atoms with Gasteiger partial charge in [0.05, 0.1) is 11.8 Å². The molecule has 0 atom stereocenters. The van der Waals surface area contributed by atoms with Crippen LogP contribution in [-0.4, -0.2) is 17.1 Å². The number of nitrogens with two attached hydrogens (primary N) is 1. The highest BCUT2D eigenvalue weighted by Crippen LogP contribution is 2.45. The molecule has 3 N–H and O–H groups in total. The molecule has 2 fully saturated rings. The van der Waals surface area contributed by atoms with Gasteiger partial charge < -0.3 is 15.8 Å². The van der Waals surface area contributed by atoms with Crippen molar-refractivity contribution in [2.45, 2.75) is 51.7 Å². The zero-order chi connectivity index (χ0) is 13.4. The van der Waals surface area contributed by atoms with Gasteiger partial charge in [-0.25, -0.2) is 0 Å². The van der Waals surface area contributed by atoms with E-state index in [0.717, 1.165) is 17.7 Å². The van der Waals surface area contributed by atoms with E-state index in [9.17, 15) is 0 Å². The smallest absolute Gasteiger partial charge is 0.239 e. The molecule has 2 aliphatic carbocycles. The molecule has 0 spiro atoms. The molecule has 0 radical (unpaired) electrons. The average Bonchev–Trinajstić information content (AvgIpc) is 3.23. The molecule has 2 saturated carbocycles. The lowest BCUT2D eigenvalue weighted by Crippen LogP contribution is -2.25. The number of ether oxygens (including phenoxy) is 1. The highest BCUT2D eigenvalue weighted by molar-refractivity contribution is 5.54. The quantitative estimate of drug-likeness (QED) is 0.826. The predicted octanol–water partition coefficient (Wildman–Crippen LogP) is 3.05. The summed E-state index contributed by atoms with van der Waals surface area (Å²) in [7, 11) is 0. The minimum Gasteiger partial charge on any atom is -0.473 e. The number of nitrogens with one attached hydrogen (secondary N) is 1. The molecule has 1 heterocycles. The van der Waals surface area contributed by atoms with Crippen LogP contribution in [0.3, 0.4) is 0 Å². The van der Waals surface area contributed by atoms with E-state index < -0.39 is 0 Å². The summed E-state index contributed by atoms with van der Waals surface area (Å²) >= 11 is 0. The molecule has 2 aliphatic rings. The van der Waals surface area contributed by atoms with Crippen LogP contribution in [0.25, 0.3) is 0 Å². The topological polar surface area (TPSA) is 60.2 Å². The fourth-order valence-electron chi connectivity index (χ4n) is 2.55. The Hall–Kier alpha value is -1.45. The van der Waals surface area contributed by atoms with Gasteiger partial charge in [0.2, 0.25) is 5.88 Å². The molecular weight excluding hydrogens is 238 g/mol. The van der Waals surface area contributed by atoms with Gasteiger partial charge in [0.1, 0.15) is 5.82 Å². The molecule has 0 amide bonds. The normalized spacial score (nSPS) is 18.9. The van der Waals surface area contributed by atoms with Crippen LogP contribution in [-0.2, 0) is 0 Å². The van der Waals surface area contributed by atoms with Gasteiger partial charge in [-0.05, 0) is 63.5 Å². The molecule has 4 nitrogen and oxygen atoms in total. The molecule has 104 valence electrons. The Kier molecular flexibility index (Phi) is 3.25. The van der Waals surface area contributed by atoms with Crippen molar-refractivity contribution >= 4 is 11.5 Å². The molecule has 19 heavy (non-hydrogen) atoms. The van der Waals surface area contributed by atoms with E-state index >= 15 is 0 Å². The van der Waals surface area contributed by atoms with Crippen LogP contribution in [0.15, 0.2) is 12.1 Å². The summed E-state index contributed by atoms with van der Waals surface area (Å²) in [5, 5.41) is 3.60.